The van der Waals surface area contributed by atoms with Gasteiger partial charge in [-0.05, 0) is 17.0 Å². The summed E-state index contributed by atoms with van der Waals surface area (Å²) in [4.78, 5) is 14.7. The Morgan fingerprint density at radius 1 is 1.21 bits per heavy atom. The number of hydrogen-bond acceptors (Lipinski definition) is 4. The van der Waals surface area contributed by atoms with Crippen molar-refractivity contribution in [2.24, 2.45) is 11.8 Å². The van der Waals surface area contributed by atoms with E-state index in [0.29, 0.717) is 19.1 Å². The van der Waals surface area contributed by atoms with Crippen molar-refractivity contribution in [3.8, 4) is 0 Å². The van der Waals surface area contributed by atoms with E-state index in [9.17, 15) is 13.6 Å². The third kappa shape index (κ3) is 4.07. The zero-order valence-electron chi connectivity index (χ0n) is 16.2. The highest BCUT2D eigenvalue weighted by molar-refractivity contribution is 5.78. The monoisotopic (exact) mass is 394 g/mol. The molecular weight excluding hydrogens is 366 g/mol. The van der Waals surface area contributed by atoms with Crippen molar-refractivity contribution in [2.45, 2.75) is 30.7 Å². The van der Waals surface area contributed by atoms with Gasteiger partial charge < -0.3 is 19.7 Å². The number of fused-ring (bicyclic) bond motifs is 3. The van der Waals surface area contributed by atoms with Crippen LogP contribution in [0.1, 0.15) is 35.9 Å². The third-order valence-corrected chi connectivity index (χ3v) is 6.27. The van der Waals surface area contributed by atoms with E-state index in [1.165, 1.54) is 11.1 Å². The van der Waals surface area contributed by atoms with E-state index < -0.39 is 5.92 Å². The molecule has 4 rings (SSSR count). The van der Waals surface area contributed by atoms with Gasteiger partial charge in [-0.15, -0.1) is 0 Å². The van der Waals surface area contributed by atoms with Crippen LogP contribution < -0.4 is 5.32 Å². The van der Waals surface area contributed by atoms with Gasteiger partial charge in [-0.25, -0.2) is 8.78 Å². The van der Waals surface area contributed by atoms with Crippen LogP contribution in [-0.4, -0.2) is 63.3 Å². The molecule has 1 heterocycles. The molecule has 3 atom stereocenters. The van der Waals surface area contributed by atoms with Crippen LogP contribution in [0.15, 0.2) is 24.3 Å². The summed E-state index contributed by atoms with van der Waals surface area (Å²) in [5.41, 5.74) is 2.46. The van der Waals surface area contributed by atoms with Gasteiger partial charge in [0.25, 0.3) is 0 Å². The Labute approximate surface area is 164 Å². The fourth-order valence-corrected chi connectivity index (χ4v) is 5.08. The molecule has 1 aromatic carbocycles. The summed E-state index contributed by atoms with van der Waals surface area (Å²) < 4.78 is 36.6. The molecule has 1 amide bonds. The van der Waals surface area contributed by atoms with Crippen LogP contribution in [0.25, 0.3) is 0 Å². The summed E-state index contributed by atoms with van der Waals surface area (Å²) in [5, 5.41) is 3.15. The second kappa shape index (κ2) is 8.05. The molecule has 1 N–H and O–H groups in total. The van der Waals surface area contributed by atoms with Crippen molar-refractivity contribution < 1.29 is 23.0 Å². The van der Waals surface area contributed by atoms with Gasteiger partial charge in [-0.2, -0.15) is 0 Å². The quantitative estimate of drug-likeness (QED) is 0.689. The lowest BCUT2D eigenvalue weighted by atomic mass is 9.81. The van der Waals surface area contributed by atoms with E-state index in [-0.39, 0.29) is 43.2 Å². The van der Waals surface area contributed by atoms with E-state index in [1.54, 1.807) is 7.11 Å². The van der Waals surface area contributed by atoms with Crippen molar-refractivity contribution in [3.05, 3.63) is 35.4 Å². The first kappa shape index (κ1) is 19.7. The Morgan fingerprint density at radius 2 is 1.96 bits per heavy atom. The summed E-state index contributed by atoms with van der Waals surface area (Å²) >= 11 is 0. The maximum atomic E-state index is 13.2. The fourth-order valence-electron chi connectivity index (χ4n) is 5.08. The minimum Gasteiger partial charge on any atom is -0.382 e. The molecule has 28 heavy (non-hydrogen) atoms. The second-order valence-corrected chi connectivity index (χ2v) is 8.34. The van der Waals surface area contributed by atoms with Crippen molar-refractivity contribution in [3.63, 3.8) is 0 Å². The highest BCUT2D eigenvalue weighted by Crippen LogP contribution is 2.50. The number of ether oxygens (including phenoxy) is 2. The number of nitrogens with one attached hydrogen (secondary N) is 1. The van der Waals surface area contributed by atoms with Gasteiger partial charge in [0.2, 0.25) is 11.8 Å². The Bertz CT molecular complexity index is 707. The van der Waals surface area contributed by atoms with E-state index >= 15 is 0 Å². The van der Waals surface area contributed by atoms with E-state index in [0.717, 1.165) is 19.6 Å². The molecule has 3 aliphatic rings. The van der Waals surface area contributed by atoms with Gasteiger partial charge in [-0.3, -0.25) is 4.79 Å². The summed E-state index contributed by atoms with van der Waals surface area (Å²) in [6.07, 6.45) is 0.0167. The Hall–Kier alpha value is -1.57. The first-order chi connectivity index (χ1) is 13.5. The van der Waals surface area contributed by atoms with Crippen LogP contribution in [0.3, 0.4) is 0 Å². The topological polar surface area (TPSA) is 50.8 Å². The summed E-state index contributed by atoms with van der Waals surface area (Å²) in [6.45, 7) is 3.29. The lowest BCUT2D eigenvalue weighted by Crippen LogP contribution is -2.42. The summed E-state index contributed by atoms with van der Waals surface area (Å²) in [5.74, 6) is -1.89. The molecule has 0 aromatic heterocycles. The number of carbonyl (C=O) groups excluding carboxylic acids is 1. The molecule has 0 bridgehead atoms. The SMILES string of the molecule is COCCOCC(=O)N[C@@H]1c2ccccc2[C@@H]2CN(CC3CC(F)(F)C3)C[C@H]12. The molecule has 0 spiro atoms. The van der Waals surface area contributed by atoms with Gasteiger partial charge in [0.15, 0.2) is 0 Å². The second-order valence-electron chi connectivity index (χ2n) is 8.34. The Balaban J connectivity index is 1.38. The number of amides is 1. The van der Waals surface area contributed by atoms with E-state index in [2.05, 4.69) is 22.3 Å². The van der Waals surface area contributed by atoms with Crippen LogP contribution in [0.2, 0.25) is 0 Å². The molecule has 0 unspecified atom stereocenters. The fraction of sp³-hybridized carbons (Fsp3) is 0.667. The lowest BCUT2D eigenvalue weighted by Gasteiger charge is -2.37. The maximum Gasteiger partial charge on any atom is 0.248 e. The van der Waals surface area contributed by atoms with Gasteiger partial charge >= 0.3 is 0 Å². The van der Waals surface area contributed by atoms with Crippen molar-refractivity contribution >= 4 is 5.91 Å². The number of carbonyl (C=O) groups is 1. The molecule has 1 saturated heterocycles. The van der Waals surface area contributed by atoms with Gasteiger partial charge in [0.05, 0.1) is 19.3 Å². The molecule has 2 aliphatic carbocycles. The largest absolute Gasteiger partial charge is 0.382 e. The highest BCUT2D eigenvalue weighted by Gasteiger charge is 2.50. The Kier molecular flexibility index (Phi) is 5.67. The average molecular weight is 394 g/mol. The molecule has 1 aliphatic heterocycles. The van der Waals surface area contributed by atoms with Crippen molar-refractivity contribution in [2.75, 3.05) is 46.6 Å². The number of halogens is 2. The minimum atomic E-state index is -2.47. The van der Waals surface area contributed by atoms with Crippen LogP contribution >= 0.6 is 0 Å². The van der Waals surface area contributed by atoms with Crippen molar-refractivity contribution in [1.82, 2.24) is 10.2 Å². The zero-order chi connectivity index (χ0) is 19.7. The standard InChI is InChI=1S/C21H28F2N2O3/c1-27-6-7-28-13-19(26)24-20-16-5-3-2-4-15(16)17-11-25(12-18(17)20)10-14-8-21(22,23)9-14/h2-5,14,17-18,20H,6-13H2,1H3,(H,24,26)/t17-,18-,20+/m0/s1. The normalized spacial score (nSPS) is 28.6. The first-order valence-electron chi connectivity index (χ1n) is 10.0. The lowest BCUT2D eigenvalue weighted by molar-refractivity contribution is -0.127. The predicted molar refractivity (Wildman–Crippen MR) is 100 cm³/mol. The number of rotatable bonds is 8. The number of alkyl halides is 2. The molecular formula is C21H28F2N2O3. The molecule has 1 saturated carbocycles. The van der Waals surface area contributed by atoms with Crippen LogP contribution in [0.5, 0.6) is 0 Å². The molecule has 1 aromatic rings. The smallest absolute Gasteiger partial charge is 0.248 e. The van der Waals surface area contributed by atoms with Gasteiger partial charge in [0, 0.05) is 51.4 Å². The molecule has 5 nitrogen and oxygen atoms in total. The van der Waals surface area contributed by atoms with E-state index in [4.69, 9.17) is 9.47 Å². The number of benzene rings is 1. The highest BCUT2D eigenvalue weighted by atomic mass is 19.3. The van der Waals surface area contributed by atoms with Crippen LogP contribution in [0.4, 0.5) is 8.78 Å². The molecule has 0 radical (unpaired) electrons. The number of likely N-dealkylation sites (tertiary alicyclic amines) is 1. The molecule has 154 valence electrons. The van der Waals surface area contributed by atoms with Gasteiger partial charge in [-0.1, -0.05) is 24.3 Å². The number of methoxy groups -OCH3 is 1. The van der Waals surface area contributed by atoms with Crippen molar-refractivity contribution in [1.29, 1.82) is 0 Å². The Morgan fingerprint density at radius 3 is 2.68 bits per heavy atom. The zero-order valence-corrected chi connectivity index (χ0v) is 16.2. The summed E-state index contributed by atoms with van der Waals surface area (Å²) in [6, 6.07) is 8.20. The van der Waals surface area contributed by atoms with Crippen LogP contribution in [0, 0.1) is 11.8 Å². The number of hydrogen-bond donors (Lipinski definition) is 1. The average Bonchev–Trinajstić information content (AvgIpc) is 3.16. The third-order valence-electron chi connectivity index (χ3n) is 6.27. The maximum absolute atomic E-state index is 13.2. The summed E-state index contributed by atoms with van der Waals surface area (Å²) in [7, 11) is 1.59. The predicted octanol–water partition coefficient (Wildman–Crippen LogP) is 2.58. The van der Waals surface area contributed by atoms with Crippen LogP contribution in [-0.2, 0) is 14.3 Å². The molecule has 2 fully saturated rings. The first-order valence-corrected chi connectivity index (χ1v) is 10.0. The van der Waals surface area contributed by atoms with Gasteiger partial charge in [0.1, 0.15) is 6.61 Å². The number of nitrogens with zero attached hydrogens (tertiary/aromatic N) is 1. The minimum absolute atomic E-state index is 0.00833. The molecule has 7 heteroatoms. The van der Waals surface area contributed by atoms with E-state index in [1.807, 2.05) is 12.1 Å².